The van der Waals surface area contributed by atoms with E-state index in [0.29, 0.717) is 5.56 Å². The summed E-state index contributed by atoms with van der Waals surface area (Å²) in [7, 11) is 0. The highest BCUT2D eigenvalue weighted by molar-refractivity contribution is 6.09. The van der Waals surface area contributed by atoms with Crippen LogP contribution in [-0.2, 0) is 0 Å². The first kappa shape index (κ1) is 17.0. The van der Waals surface area contributed by atoms with E-state index in [-0.39, 0.29) is 16.7 Å². The molecular formula is C29H33NO. The fourth-order valence-electron chi connectivity index (χ4n) is 6.15. The molecule has 31 heavy (non-hydrogen) atoms. The Morgan fingerprint density at radius 2 is 1.77 bits per heavy atom. The zero-order valence-electron chi connectivity index (χ0n) is 22.2. The standard InChI is InChI=1S/C29H33NO/c1-18-11-12-20-21-9-7-10-22(26(21)31-25(20)15-18)24-16-23(19(2)17-30-24)27-28(3,4)13-8-14-29(27,5)6/h7,9-12,15-17,27H,8,13-14H2,1-6H3/i2D3. The van der Waals surface area contributed by atoms with Crippen LogP contribution >= 0.6 is 0 Å². The molecule has 0 atom stereocenters. The first-order valence-electron chi connectivity index (χ1n) is 12.8. The summed E-state index contributed by atoms with van der Waals surface area (Å²) in [6.07, 6.45) is 4.91. The number of nitrogens with zero attached hydrogens (tertiary/aromatic N) is 1. The predicted molar refractivity (Wildman–Crippen MR) is 131 cm³/mol. The number of hydrogen-bond acceptors (Lipinski definition) is 2. The maximum atomic E-state index is 8.27. The molecule has 5 rings (SSSR count). The molecule has 0 unspecified atom stereocenters. The van der Waals surface area contributed by atoms with Gasteiger partial charge in [-0.15, -0.1) is 0 Å². The van der Waals surface area contributed by atoms with Gasteiger partial charge < -0.3 is 4.42 Å². The van der Waals surface area contributed by atoms with Crippen molar-refractivity contribution in [3.8, 4) is 11.3 Å². The summed E-state index contributed by atoms with van der Waals surface area (Å²) >= 11 is 0. The van der Waals surface area contributed by atoms with Crippen LogP contribution in [0.3, 0.4) is 0 Å². The zero-order valence-corrected chi connectivity index (χ0v) is 19.2. The van der Waals surface area contributed by atoms with Crippen molar-refractivity contribution in [2.24, 2.45) is 10.8 Å². The molecule has 0 spiro atoms. The average molecular weight is 415 g/mol. The van der Waals surface area contributed by atoms with Crippen LogP contribution in [0.1, 0.15) is 73.7 Å². The van der Waals surface area contributed by atoms with E-state index < -0.39 is 6.85 Å². The van der Waals surface area contributed by atoms with Crippen molar-refractivity contribution in [2.75, 3.05) is 0 Å². The Bertz CT molecular complexity index is 1380. The van der Waals surface area contributed by atoms with E-state index in [1.807, 2.05) is 18.2 Å². The fourth-order valence-corrected chi connectivity index (χ4v) is 6.15. The maximum Gasteiger partial charge on any atom is 0.144 e. The molecule has 1 saturated carbocycles. The van der Waals surface area contributed by atoms with Gasteiger partial charge in [0.2, 0.25) is 0 Å². The number of aromatic nitrogens is 1. The summed E-state index contributed by atoms with van der Waals surface area (Å²) in [5.41, 5.74) is 5.73. The predicted octanol–water partition coefficient (Wildman–Crippen LogP) is 8.58. The Labute approximate surface area is 189 Å². The lowest BCUT2D eigenvalue weighted by Gasteiger charge is -2.50. The lowest BCUT2D eigenvalue weighted by atomic mass is 9.55. The molecule has 1 aliphatic carbocycles. The Balaban J connectivity index is 1.76. The number of aryl methyl sites for hydroxylation is 2. The molecule has 0 saturated heterocycles. The zero-order chi connectivity index (χ0) is 24.5. The summed E-state index contributed by atoms with van der Waals surface area (Å²) in [6.45, 7) is 8.97. The Morgan fingerprint density at radius 1 is 1.00 bits per heavy atom. The minimum atomic E-state index is -2.21. The highest BCUT2D eigenvalue weighted by Gasteiger charge is 2.45. The maximum absolute atomic E-state index is 8.27. The minimum Gasteiger partial charge on any atom is -0.455 e. The Hall–Kier alpha value is -2.61. The van der Waals surface area contributed by atoms with Crippen molar-refractivity contribution < 1.29 is 8.53 Å². The third-order valence-electron chi connectivity index (χ3n) is 7.38. The summed E-state index contributed by atoms with van der Waals surface area (Å²) in [5.74, 6) is 0.114. The van der Waals surface area contributed by atoms with Gasteiger partial charge in [0, 0.05) is 26.6 Å². The third kappa shape index (κ3) is 3.28. The molecule has 2 aromatic heterocycles. The first-order valence-corrected chi connectivity index (χ1v) is 11.3. The van der Waals surface area contributed by atoms with Crippen LogP contribution in [0.15, 0.2) is 53.1 Å². The Morgan fingerprint density at radius 3 is 2.52 bits per heavy atom. The van der Waals surface area contributed by atoms with Gasteiger partial charge in [-0.1, -0.05) is 58.4 Å². The number of benzene rings is 2. The van der Waals surface area contributed by atoms with Gasteiger partial charge in [-0.05, 0) is 78.3 Å². The molecule has 1 aliphatic rings. The minimum absolute atomic E-state index is 0.0106. The number of fused-ring (bicyclic) bond motifs is 3. The van der Waals surface area contributed by atoms with E-state index in [9.17, 15) is 0 Å². The normalized spacial score (nSPS) is 20.5. The molecule has 1 fully saturated rings. The van der Waals surface area contributed by atoms with Crippen LogP contribution in [0.2, 0.25) is 0 Å². The summed E-state index contributed by atoms with van der Waals surface area (Å²) in [6, 6.07) is 14.4. The molecule has 160 valence electrons. The molecule has 0 radical (unpaired) electrons. The quantitative estimate of drug-likeness (QED) is 0.328. The van der Waals surface area contributed by atoms with E-state index in [1.54, 1.807) is 6.20 Å². The van der Waals surface area contributed by atoms with E-state index in [0.717, 1.165) is 63.6 Å². The van der Waals surface area contributed by atoms with Crippen LogP contribution in [0.25, 0.3) is 33.2 Å². The number of rotatable bonds is 2. The second kappa shape index (κ2) is 6.95. The van der Waals surface area contributed by atoms with E-state index in [1.165, 1.54) is 0 Å². The van der Waals surface area contributed by atoms with Crippen LogP contribution in [0, 0.1) is 24.6 Å². The lowest BCUT2D eigenvalue weighted by molar-refractivity contribution is 0.0723. The number of para-hydroxylation sites is 1. The van der Waals surface area contributed by atoms with E-state index in [2.05, 4.69) is 63.9 Å². The van der Waals surface area contributed by atoms with Gasteiger partial charge in [-0.3, -0.25) is 4.98 Å². The molecular weight excluding hydrogens is 378 g/mol. The monoisotopic (exact) mass is 414 g/mol. The molecule has 2 heterocycles. The van der Waals surface area contributed by atoms with Crippen molar-refractivity contribution in [1.29, 1.82) is 0 Å². The van der Waals surface area contributed by atoms with Crippen molar-refractivity contribution >= 4 is 21.9 Å². The Kier molecular flexibility index (Phi) is 3.81. The highest BCUT2D eigenvalue weighted by Crippen LogP contribution is 2.57. The highest BCUT2D eigenvalue weighted by atomic mass is 16.3. The number of pyridine rings is 1. The van der Waals surface area contributed by atoms with Crippen LogP contribution in [-0.4, -0.2) is 4.98 Å². The van der Waals surface area contributed by atoms with E-state index in [4.69, 9.17) is 8.53 Å². The molecule has 0 amide bonds. The topological polar surface area (TPSA) is 26.0 Å². The largest absolute Gasteiger partial charge is 0.455 e. The van der Waals surface area contributed by atoms with Gasteiger partial charge in [0.25, 0.3) is 0 Å². The first-order chi connectivity index (χ1) is 15.9. The van der Waals surface area contributed by atoms with Crippen molar-refractivity contribution in [3.63, 3.8) is 0 Å². The molecule has 0 aliphatic heterocycles. The molecule has 2 nitrogen and oxygen atoms in total. The molecule has 2 aromatic carbocycles. The van der Waals surface area contributed by atoms with Crippen LogP contribution in [0.5, 0.6) is 0 Å². The van der Waals surface area contributed by atoms with Crippen LogP contribution < -0.4 is 0 Å². The molecule has 4 aromatic rings. The molecule has 0 bridgehead atoms. The van der Waals surface area contributed by atoms with Crippen molar-refractivity contribution in [2.45, 2.75) is 66.7 Å². The van der Waals surface area contributed by atoms with Crippen molar-refractivity contribution in [3.05, 3.63) is 65.4 Å². The lowest BCUT2D eigenvalue weighted by Crippen LogP contribution is -2.38. The molecule has 0 N–H and O–H groups in total. The average Bonchev–Trinajstić information content (AvgIpc) is 3.09. The number of hydrogen-bond donors (Lipinski definition) is 0. The van der Waals surface area contributed by atoms with Gasteiger partial charge in [0.05, 0.1) is 5.69 Å². The fraction of sp³-hybridized carbons (Fsp3) is 0.414. The SMILES string of the molecule is [2H]C([2H])([2H])c1cnc(-c2cccc3c2oc2cc(C)ccc23)cc1C1C(C)(C)CCCC1(C)C. The van der Waals surface area contributed by atoms with Crippen LogP contribution in [0.4, 0.5) is 0 Å². The van der Waals surface area contributed by atoms with Gasteiger partial charge in [-0.2, -0.15) is 0 Å². The van der Waals surface area contributed by atoms with Gasteiger partial charge in [-0.25, -0.2) is 0 Å². The smallest absolute Gasteiger partial charge is 0.144 e. The molecule has 2 heteroatoms. The summed E-state index contributed by atoms with van der Waals surface area (Å²) < 4.78 is 31.1. The second-order valence-electron chi connectivity index (χ2n) is 10.7. The summed E-state index contributed by atoms with van der Waals surface area (Å²) in [4.78, 5) is 4.68. The van der Waals surface area contributed by atoms with Gasteiger partial charge in [0.15, 0.2) is 0 Å². The second-order valence-corrected chi connectivity index (χ2v) is 10.7. The summed E-state index contributed by atoms with van der Waals surface area (Å²) in [5, 5.41) is 2.13. The van der Waals surface area contributed by atoms with Gasteiger partial charge in [0.1, 0.15) is 11.2 Å². The van der Waals surface area contributed by atoms with Crippen molar-refractivity contribution in [1.82, 2.24) is 4.98 Å². The third-order valence-corrected chi connectivity index (χ3v) is 7.38. The van der Waals surface area contributed by atoms with Gasteiger partial charge >= 0.3 is 0 Å². The number of furan rings is 1. The van der Waals surface area contributed by atoms with E-state index >= 15 is 0 Å².